The zero-order chi connectivity index (χ0) is 17.3. The lowest BCUT2D eigenvalue weighted by atomic mass is 9.96. The van der Waals surface area contributed by atoms with Crippen molar-refractivity contribution in [1.82, 2.24) is 0 Å². The SMILES string of the molecule is COc1cc2c(c(OC)c1OC)-c1ccc(O)c(=O)cc1CCC2. The van der Waals surface area contributed by atoms with Gasteiger partial charge in [0.25, 0.3) is 0 Å². The van der Waals surface area contributed by atoms with Gasteiger partial charge in [-0.3, -0.25) is 4.79 Å². The van der Waals surface area contributed by atoms with E-state index in [1.807, 2.05) is 6.07 Å². The Labute approximate surface area is 140 Å². The lowest BCUT2D eigenvalue weighted by Crippen LogP contribution is -2.00. The number of hydrogen-bond donors (Lipinski definition) is 1. The molecule has 5 nitrogen and oxygen atoms in total. The predicted octanol–water partition coefficient (Wildman–Crippen LogP) is 2.93. The molecule has 1 aliphatic rings. The van der Waals surface area contributed by atoms with Crippen LogP contribution < -0.4 is 19.6 Å². The molecular weight excluding hydrogens is 308 g/mol. The second-order valence-electron chi connectivity index (χ2n) is 5.70. The highest BCUT2D eigenvalue weighted by Crippen LogP contribution is 2.48. The maximum Gasteiger partial charge on any atom is 0.220 e. The molecule has 0 radical (unpaired) electrons. The number of fused-ring (bicyclic) bond motifs is 3. The average Bonchev–Trinajstić information content (AvgIpc) is 2.84. The predicted molar refractivity (Wildman–Crippen MR) is 91.5 cm³/mol. The Hall–Kier alpha value is -2.69. The third-order valence-corrected chi connectivity index (χ3v) is 4.38. The van der Waals surface area contributed by atoms with E-state index in [2.05, 4.69) is 0 Å². The van der Waals surface area contributed by atoms with E-state index in [-0.39, 0.29) is 11.2 Å². The summed E-state index contributed by atoms with van der Waals surface area (Å²) in [5.74, 6) is 1.45. The van der Waals surface area contributed by atoms with Crippen molar-refractivity contribution >= 4 is 0 Å². The molecule has 5 heteroatoms. The summed E-state index contributed by atoms with van der Waals surface area (Å²) in [6.07, 6.45) is 2.48. The summed E-state index contributed by atoms with van der Waals surface area (Å²) >= 11 is 0. The van der Waals surface area contributed by atoms with E-state index in [0.717, 1.165) is 41.5 Å². The van der Waals surface area contributed by atoms with Crippen LogP contribution in [0.1, 0.15) is 17.5 Å². The molecule has 24 heavy (non-hydrogen) atoms. The van der Waals surface area contributed by atoms with Crippen LogP contribution in [-0.4, -0.2) is 26.4 Å². The third-order valence-electron chi connectivity index (χ3n) is 4.38. The molecule has 0 aliphatic heterocycles. The van der Waals surface area contributed by atoms with E-state index in [9.17, 15) is 9.90 Å². The van der Waals surface area contributed by atoms with Gasteiger partial charge in [0.1, 0.15) is 0 Å². The normalized spacial score (nSPS) is 12.6. The standard InChI is InChI=1S/C19H20O5/c1-22-16-10-12-6-4-5-11-9-15(21)14(20)8-7-13(11)17(12)19(24-3)18(16)23-2/h7-10H,4-6H2,1-3H3,(H,20,21). The summed E-state index contributed by atoms with van der Waals surface area (Å²) in [6.45, 7) is 0. The van der Waals surface area contributed by atoms with Crippen LogP contribution in [0.5, 0.6) is 23.0 Å². The lowest BCUT2D eigenvalue weighted by Gasteiger charge is -2.19. The molecule has 0 saturated carbocycles. The minimum atomic E-state index is -0.376. The maximum absolute atomic E-state index is 12.0. The van der Waals surface area contributed by atoms with Gasteiger partial charge in [0.05, 0.1) is 21.3 Å². The van der Waals surface area contributed by atoms with Crippen LogP contribution in [-0.2, 0) is 12.8 Å². The van der Waals surface area contributed by atoms with Crippen molar-refractivity contribution in [3.8, 4) is 34.1 Å². The average molecular weight is 328 g/mol. The Morgan fingerprint density at radius 2 is 1.62 bits per heavy atom. The fourth-order valence-electron chi connectivity index (χ4n) is 3.28. The van der Waals surface area contributed by atoms with Gasteiger partial charge < -0.3 is 19.3 Å². The molecule has 3 rings (SSSR count). The number of methoxy groups -OCH3 is 3. The second-order valence-corrected chi connectivity index (χ2v) is 5.70. The van der Waals surface area contributed by atoms with Crippen molar-refractivity contribution in [3.63, 3.8) is 0 Å². The molecule has 2 aromatic carbocycles. The van der Waals surface area contributed by atoms with E-state index >= 15 is 0 Å². The topological polar surface area (TPSA) is 65.0 Å². The summed E-state index contributed by atoms with van der Waals surface area (Å²) in [7, 11) is 4.74. The van der Waals surface area contributed by atoms with Gasteiger partial charge in [-0.05, 0) is 54.2 Å². The first-order chi connectivity index (χ1) is 11.6. The van der Waals surface area contributed by atoms with Crippen LogP contribution in [0.4, 0.5) is 0 Å². The number of aromatic hydroxyl groups is 1. The van der Waals surface area contributed by atoms with Crippen molar-refractivity contribution in [3.05, 3.63) is 45.6 Å². The quantitative estimate of drug-likeness (QED) is 0.938. The largest absolute Gasteiger partial charge is 0.504 e. The van der Waals surface area contributed by atoms with Crippen molar-refractivity contribution in [2.75, 3.05) is 21.3 Å². The molecule has 0 unspecified atom stereocenters. The number of aryl methyl sites for hydroxylation is 2. The molecule has 0 saturated heterocycles. The van der Waals surface area contributed by atoms with Crippen LogP contribution in [0, 0.1) is 0 Å². The van der Waals surface area contributed by atoms with E-state index in [0.29, 0.717) is 17.2 Å². The summed E-state index contributed by atoms with van der Waals surface area (Å²) in [4.78, 5) is 12.0. The smallest absolute Gasteiger partial charge is 0.220 e. The first kappa shape index (κ1) is 16.2. The van der Waals surface area contributed by atoms with Crippen LogP contribution in [0.15, 0.2) is 29.1 Å². The third kappa shape index (κ3) is 2.56. The van der Waals surface area contributed by atoms with Gasteiger partial charge in [-0.2, -0.15) is 0 Å². The minimum Gasteiger partial charge on any atom is -0.504 e. The molecule has 0 bridgehead atoms. The lowest BCUT2D eigenvalue weighted by molar-refractivity contribution is 0.324. The summed E-state index contributed by atoms with van der Waals surface area (Å²) in [5.41, 5.74) is 3.35. The van der Waals surface area contributed by atoms with E-state index in [1.54, 1.807) is 27.4 Å². The monoisotopic (exact) mass is 328 g/mol. The van der Waals surface area contributed by atoms with Crippen molar-refractivity contribution in [2.24, 2.45) is 0 Å². The van der Waals surface area contributed by atoms with Crippen molar-refractivity contribution < 1.29 is 19.3 Å². The first-order valence-corrected chi connectivity index (χ1v) is 7.79. The Kier molecular flexibility index (Phi) is 4.34. The molecule has 0 amide bonds. The molecule has 1 aliphatic carbocycles. The molecule has 0 spiro atoms. The molecule has 0 atom stereocenters. The molecule has 126 valence electrons. The zero-order valence-electron chi connectivity index (χ0n) is 14.0. The Morgan fingerprint density at radius 1 is 0.917 bits per heavy atom. The van der Waals surface area contributed by atoms with Gasteiger partial charge >= 0.3 is 0 Å². The van der Waals surface area contributed by atoms with Gasteiger partial charge in [-0.1, -0.05) is 6.07 Å². The fraction of sp³-hybridized carbons (Fsp3) is 0.316. The van der Waals surface area contributed by atoms with Crippen LogP contribution in [0.25, 0.3) is 11.1 Å². The molecule has 0 fully saturated rings. The van der Waals surface area contributed by atoms with E-state index in [4.69, 9.17) is 14.2 Å². The number of hydrogen-bond acceptors (Lipinski definition) is 5. The maximum atomic E-state index is 12.0. The van der Waals surface area contributed by atoms with Crippen LogP contribution in [0.2, 0.25) is 0 Å². The first-order valence-electron chi connectivity index (χ1n) is 7.79. The highest BCUT2D eigenvalue weighted by molar-refractivity contribution is 5.82. The zero-order valence-corrected chi connectivity index (χ0v) is 14.0. The molecular formula is C19H20O5. The number of ether oxygens (including phenoxy) is 3. The molecule has 1 N–H and O–H groups in total. The summed E-state index contributed by atoms with van der Waals surface area (Å²) in [6, 6.07) is 6.67. The summed E-state index contributed by atoms with van der Waals surface area (Å²) < 4.78 is 16.6. The van der Waals surface area contributed by atoms with Gasteiger partial charge in [0.2, 0.25) is 11.2 Å². The Balaban J connectivity index is 2.41. The van der Waals surface area contributed by atoms with E-state index in [1.165, 1.54) is 12.1 Å². The van der Waals surface area contributed by atoms with Crippen molar-refractivity contribution in [1.29, 1.82) is 0 Å². The minimum absolute atomic E-state index is 0.260. The number of rotatable bonds is 3. The molecule has 0 heterocycles. The number of benzene rings is 1. The molecule has 0 aromatic heterocycles. The Bertz CT molecular complexity index is 842. The van der Waals surface area contributed by atoms with Gasteiger partial charge in [-0.15, -0.1) is 0 Å². The van der Waals surface area contributed by atoms with Gasteiger partial charge in [0.15, 0.2) is 17.2 Å². The highest BCUT2D eigenvalue weighted by atomic mass is 16.5. The van der Waals surface area contributed by atoms with Gasteiger partial charge in [0, 0.05) is 5.56 Å². The second kappa shape index (κ2) is 6.43. The Morgan fingerprint density at radius 3 is 2.29 bits per heavy atom. The highest BCUT2D eigenvalue weighted by Gasteiger charge is 2.25. The van der Waals surface area contributed by atoms with Crippen LogP contribution in [0.3, 0.4) is 0 Å². The van der Waals surface area contributed by atoms with E-state index < -0.39 is 0 Å². The van der Waals surface area contributed by atoms with Gasteiger partial charge in [-0.25, -0.2) is 0 Å². The molecule has 2 aromatic rings. The van der Waals surface area contributed by atoms with Crippen molar-refractivity contribution in [2.45, 2.75) is 19.3 Å². The summed E-state index contributed by atoms with van der Waals surface area (Å²) in [5, 5.41) is 9.78. The van der Waals surface area contributed by atoms with Crippen LogP contribution >= 0.6 is 0 Å². The fourth-order valence-corrected chi connectivity index (χ4v) is 3.28.